The van der Waals surface area contributed by atoms with Crippen molar-refractivity contribution in [1.29, 1.82) is 0 Å². The van der Waals surface area contributed by atoms with E-state index in [1.165, 1.54) is 31.7 Å². The summed E-state index contributed by atoms with van der Waals surface area (Å²) in [6.07, 6.45) is 6.98. The van der Waals surface area contributed by atoms with Crippen LogP contribution in [0.3, 0.4) is 0 Å². The second kappa shape index (κ2) is 6.34. The molecule has 1 aromatic rings. The molecule has 2 aliphatic heterocycles. The molecule has 25 heavy (non-hydrogen) atoms. The normalized spacial score (nSPS) is 26.1. The fourth-order valence-electron chi connectivity index (χ4n) is 4.91. The van der Waals surface area contributed by atoms with Crippen molar-refractivity contribution in [2.45, 2.75) is 56.7 Å². The molecule has 136 valence electrons. The molecule has 1 unspecified atom stereocenters. The second-order valence-corrected chi connectivity index (χ2v) is 7.90. The number of carbonyl (C=O) groups is 1. The summed E-state index contributed by atoms with van der Waals surface area (Å²) in [4.78, 5) is 16.5. The van der Waals surface area contributed by atoms with Gasteiger partial charge in [-0.05, 0) is 69.8 Å². The number of piperidine rings is 1. The predicted octanol–water partition coefficient (Wildman–Crippen LogP) is 2.32. The first-order valence-electron chi connectivity index (χ1n) is 9.23. The topological polar surface area (TPSA) is 55.8 Å². The van der Waals surface area contributed by atoms with Crippen molar-refractivity contribution in [3.8, 4) is 0 Å². The smallest absolute Gasteiger partial charge is 0.274 e. The lowest BCUT2D eigenvalue weighted by molar-refractivity contribution is -0.0387. The molecular formula is C19H26FN3O2. The Hall–Kier alpha value is -1.50. The molecule has 1 spiro atoms. The van der Waals surface area contributed by atoms with Crippen LogP contribution in [0.15, 0.2) is 12.1 Å². The first kappa shape index (κ1) is 16.9. The van der Waals surface area contributed by atoms with E-state index in [9.17, 15) is 9.18 Å². The molecule has 1 aromatic carbocycles. The lowest BCUT2D eigenvalue weighted by Crippen LogP contribution is -2.60. The maximum atomic E-state index is 14.6. The van der Waals surface area contributed by atoms with Gasteiger partial charge in [-0.2, -0.15) is 0 Å². The Kier molecular flexibility index (Phi) is 4.30. The number of nitrogens with zero attached hydrogens (tertiary/aromatic N) is 2. The first-order chi connectivity index (χ1) is 12.0. The zero-order chi connectivity index (χ0) is 17.6. The number of rotatable bonds is 2. The number of likely N-dealkylation sites (tertiary alicyclic amines) is 1. The molecule has 6 heteroatoms. The third kappa shape index (κ3) is 2.86. The van der Waals surface area contributed by atoms with Crippen LogP contribution in [0, 0.1) is 5.82 Å². The summed E-state index contributed by atoms with van der Waals surface area (Å²) in [7, 11) is 2.24. The highest BCUT2D eigenvalue weighted by atomic mass is 19.1. The van der Waals surface area contributed by atoms with Crippen LogP contribution in [-0.4, -0.2) is 52.6 Å². The molecule has 1 atom stereocenters. The molecule has 1 saturated carbocycles. The zero-order valence-corrected chi connectivity index (χ0v) is 14.7. The molecule has 5 nitrogen and oxygen atoms in total. The van der Waals surface area contributed by atoms with Crippen LogP contribution in [0.4, 0.5) is 4.39 Å². The van der Waals surface area contributed by atoms with Gasteiger partial charge in [0.2, 0.25) is 0 Å². The SMILES string of the molecule is CN1CCC(N2CCc3cc(C(=O)NO)cc(F)c3C2)CC12CCC2. The summed E-state index contributed by atoms with van der Waals surface area (Å²) < 4.78 is 14.6. The Morgan fingerprint density at radius 1 is 1.36 bits per heavy atom. The van der Waals surface area contributed by atoms with Crippen LogP contribution < -0.4 is 5.48 Å². The van der Waals surface area contributed by atoms with Crippen molar-refractivity contribution in [2.24, 2.45) is 0 Å². The fourth-order valence-corrected chi connectivity index (χ4v) is 4.91. The molecular weight excluding hydrogens is 321 g/mol. The molecule has 1 amide bonds. The molecule has 0 bridgehead atoms. The molecule has 2 fully saturated rings. The Morgan fingerprint density at radius 3 is 2.84 bits per heavy atom. The number of hydrogen-bond acceptors (Lipinski definition) is 4. The molecule has 0 aromatic heterocycles. The number of hydroxylamine groups is 1. The van der Waals surface area contributed by atoms with Crippen molar-refractivity contribution in [3.05, 3.63) is 34.6 Å². The lowest BCUT2D eigenvalue weighted by Gasteiger charge is -2.56. The number of carbonyl (C=O) groups excluding carboxylic acids is 1. The monoisotopic (exact) mass is 347 g/mol. The van der Waals surface area contributed by atoms with Gasteiger partial charge in [0.15, 0.2) is 0 Å². The van der Waals surface area contributed by atoms with Gasteiger partial charge in [-0.25, -0.2) is 9.87 Å². The minimum absolute atomic E-state index is 0.180. The summed E-state index contributed by atoms with van der Waals surface area (Å²) in [6.45, 7) is 2.64. The molecule has 4 rings (SSSR count). The molecule has 0 radical (unpaired) electrons. The van der Waals surface area contributed by atoms with E-state index < -0.39 is 5.91 Å². The van der Waals surface area contributed by atoms with Crippen LogP contribution in [0.25, 0.3) is 0 Å². The highest BCUT2D eigenvalue weighted by molar-refractivity contribution is 5.93. The minimum Gasteiger partial charge on any atom is -0.301 e. The highest BCUT2D eigenvalue weighted by Gasteiger charge is 2.46. The van der Waals surface area contributed by atoms with Crippen molar-refractivity contribution in [2.75, 3.05) is 20.1 Å². The Balaban J connectivity index is 1.52. The Labute approximate surface area is 147 Å². The van der Waals surface area contributed by atoms with Gasteiger partial charge >= 0.3 is 0 Å². The zero-order valence-electron chi connectivity index (χ0n) is 14.7. The maximum absolute atomic E-state index is 14.6. The lowest BCUT2D eigenvalue weighted by atomic mass is 9.68. The van der Waals surface area contributed by atoms with Crippen LogP contribution in [0.1, 0.15) is 53.6 Å². The number of fused-ring (bicyclic) bond motifs is 1. The van der Waals surface area contributed by atoms with E-state index in [-0.39, 0.29) is 11.4 Å². The van der Waals surface area contributed by atoms with Crippen molar-refractivity contribution < 1.29 is 14.4 Å². The molecule has 1 aliphatic carbocycles. The number of nitrogens with one attached hydrogen (secondary N) is 1. The van der Waals surface area contributed by atoms with Gasteiger partial charge in [0, 0.05) is 35.8 Å². The molecule has 3 aliphatic rings. The van der Waals surface area contributed by atoms with Gasteiger partial charge in [-0.1, -0.05) is 0 Å². The van der Waals surface area contributed by atoms with Crippen LogP contribution in [0.5, 0.6) is 0 Å². The molecule has 2 heterocycles. The van der Waals surface area contributed by atoms with Gasteiger partial charge in [-0.3, -0.25) is 14.9 Å². The predicted molar refractivity (Wildman–Crippen MR) is 92.0 cm³/mol. The standard InChI is InChI=1S/C19H26FN3O2/c1-22-7-4-15(11-19(22)5-2-6-19)23-8-3-13-9-14(18(24)21-25)10-17(20)16(13)12-23/h9-10,15,25H,2-8,11-12H2,1H3,(H,21,24). The van der Waals surface area contributed by atoms with Crippen molar-refractivity contribution >= 4 is 5.91 Å². The van der Waals surface area contributed by atoms with E-state index in [0.29, 0.717) is 23.7 Å². The van der Waals surface area contributed by atoms with Gasteiger partial charge in [-0.15, -0.1) is 0 Å². The van der Waals surface area contributed by atoms with Crippen LogP contribution in [-0.2, 0) is 13.0 Å². The number of amides is 1. The van der Waals surface area contributed by atoms with Gasteiger partial charge in [0.1, 0.15) is 5.82 Å². The summed E-state index contributed by atoms with van der Waals surface area (Å²) in [6, 6.07) is 3.46. The van der Waals surface area contributed by atoms with Crippen molar-refractivity contribution in [1.82, 2.24) is 15.3 Å². The van der Waals surface area contributed by atoms with E-state index in [0.717, 1.165) is 31.5 Å². The Morgan fingerprint density at radius 2 is 2.16 bits per heavy atom. The van der Waals surface area contributed by atoms with Crippen LogP contribution in [0.2, 0.25) is 0 Å². The third-order valence-electron chi connectivity index (χ3n) is 6.70. The number of halogens is 1. The van der Waals surface area contributed by atoms with E-state index in [4.69, 9.17) is 5.21 Å². The van der Waals surface area contributed by atoms with Gasteiger partial charge in [0.05, 0.1) is 0 Å². The Bertz CT molecular complexity index is 689. The largest absolute Gasteiger partial charge is 0.301 e. The molecule has 1 saturated heterocycles. The van der Waals surface area contributed by atoms with Crippen molar-refractivity contribution in [3.63, 3.8) is 0 Å². The van der Waals surface area contributed by atoms with Gasteiger partial charge in [0.25, 0.3) is 5.91 Å². The quantitative estimate of drug-likeness (QED) is 0.637. The first-order valence-corrected chi connectivity index (χ1v) is 9.23. The number of hydrogen-bond donors (Lipinski definition) is 2. The second-order valence-electron chi connectivity index (χ2n) is 7.90. The third-order valence-corrected chi connectivity index (χ3v) is 6.70. The fraction of sp³-hybridized carbons (Fsp3) is 0.632. The highest BCUT2D eigenvalue weighted by Crippen LogP contribution is 2.45. The summed E-state index contributed by atoms with van der Waals surface area (Å²) in [5.41, 5.74) is 3.74. The van der Waals surface area contributed by atoms with Crippen LogP contribution >= 0.6 is 0 Å². The summed E-state index contributed by atoms with van der Waals surface area (Å²) in [5.74, 6) is -1.00. The average molecular weight is 347 g/mol. The van der Waals surface area contributed by atoms with E-state index in [1.54, 1.807) is 11.5 Å². The minimum atomic E-state index is -0.661. The average Bonchev–Trinajstić information content (AvgIpc) is 2.59. The van der Waals surface area contributed by atoms with E-state index >= 15 is 0 Å². The maximum Gasteiger partial charge on any atom is 0.274 e. The number of benzene rings is 1. The van der Waals surface area contributed by atoms with Gasteiger partial charge < -0.3 is 4.90 Å². The van der Waals surface area contributed by atoms with E-state index in [2.05, 4.69) is 16.8 Å². The van der Waals surface area contributed by atoms with E-state index in [1.807, 2.05) is 0 Å². The molecule has 2 N–H and O–H groups in total. The summed E-state index contributed by atoms with van der Waals surface area (Å²) in [5, 5.41) is 8.76. The summed E-state index contributed by atoms with van der Waals surface area (Å²) >= 11 is 0.